The number of amides is 1. The number of sulfonamides is 1. The van der Waals surface area contributed by atoms with E-state index >= 15 is 0 Å². The number of benzene rings is 1. The second-order valence-electron chi connectivity index (χ2n) is 5.95. The van der Waals surface area contributed by atoms with Crippen molar-refractivity contribution < 1.29 is 17.9 Å². The molecule has 0 spiro atoms. The van der Waals surface area contributed by atoms with Crippen molar-refractivity contribution in [3.8, 4) is 5.75 Å². The standard InChI is InChI=1S/C17H28N2O4S/c1-5-7-14(4)18-17(20)12-23-15-8-10-16(11-9-15)24(21,22)19-13(3)6-2/h8-11,13-14,19H,5-7,12H2,1-4H3,(H,18,20)/t13-,14-/m0/s1. The molecule has 0 aliphatic carbocycles. The van der Waals surface area contributed by atoms with Crippen molar-refractivity contribution >= 4 is 15.9 Å². The summed E-state index contributed by atoms with van der Waals surface area (Å²) in [5, 5.41) is 2.84. The van der Waals surface area contributed by atoms with Crippen LogP contribution in [0.2, 0.25) is 0 Å². The molecule has 0 bridgehead atoms. The van der Waals surface area contributed by atoms with Gasteiger partial charge in [-0.2, -0.15) is 0 Å². The minimum atomic E-state index is -3.53. The highest BCUT2D eigenvalue weighted by Gasteiger charge is 2.16. The molecule has 0 saturated heterocycles. The number of hydrogen-bond acceptors (Lipinski definition) is 4. The molecule has 1 amide bonds. The maximum atomic E-state index is 12.1. The van der Waals surface area contributed by atoms with Crippen LogP contribution in [0.3, 0.4) is 0 Å². The minimum absolute atomic E-state index is 0.0920. The summed E-state index contributed by atoms with van der Waals surface area (Å²) in [4.78, 5) is 11.9. The van der Waals surface area contributed by atoms with Crippen LogP contribution in [0.4, 0.5) is 0 Å². The third kappa shape index (κ3) is 6.88. The van der Waals surface area contributed by atoms with Crippen molar-refractivity contribution in [2.24, 2.45) is 0 Å². The Labute approximate surface area is 145 Å². The van der Waals surface area contributed by atoms with E-state index in [4.69, 9.17) is 4.74 Å². The van der Waals surface area contributed by atoms with Gasteiger partial charge in [0, 0.05) is 12.1 Å². The van der Waals surface area contributed by atoms with Crippen LogP contribution in [0.15, 0.2) is 29.2 Å². The smallest absolute Gasteiger partial charge is 0.258 e. The molecule has 6 nitrogen and oxygen atoms in total. The molecular formula is C17H28N2O4S. The van der Waals surface area contributed by atoms with Crippen LogP contribution in [-0.4, -0.2) is 33.0 Å². The number of carbonyl (C=O) groups excluding carboxylic acids is 1. The normalized spacial score (nSPS) is 14.0. The summed E-state index contributed by atoms with van der Waals surface area (Å²) in [6.45, 7) is 7.64. The van der Waals surface area contributed by atoms with Crippen molar-refractivity contribution in [1.82, 2.24) is 10.0 Å². The zero-order valence-corrected chi connectivity index (χ0v) is 15.7. The van der Waals surface area contributed by atoms with Gasteiger partial charge >= 0.3 is 0 Å². The zero-order chi connectivity index (χ0) is 18.2. The molecule has 0 radical (unpaired) electrons. The fraction of sp³-hybridized carbons (Fsp3) is 0.588. The molecule has 0 unspecified atom stereocenters. The molecule has 24 heavy (non-hydrogen) atoms. The number of nitrogens with one attached hydrogen (secondary N) is 2. The predicted octanol–water partition coefficient (Wildman–Crippen LogP) is 2.45. The Balaban J connectivity index is 2.57. The summed E-state index contributed by atoms with van der Waals surface area (Å²) in [5.41, 5.74) is 0. The van der Waals surface area contributed by atoms with Crippen molar-refractivity contribution in [3.63, 3.8) is 0 Å². The molecule has 0 saturated carbocycles. The van der Waals surface area contributed by atoms with Gasteiger partial charge in [0.05, 0.1) is 4.90 Å². The molecular weight excluding hydrogens is 328 g/mol. The van der Waals surface area contributed by atoms with Crippen molar-refractivity contribution in [3.05, 3.63) is 24.3 Å². The molecule has 2 atom stereocenters. The molecule has 7 heteroatoms. The first kappa shape index (κ1) is 20.4. The summed E-state index contributed by atoms with van der Waals surface area (Å²) in [6, 6.07) is 6.03. The van der Waals surface area contributed by atoms with E-state index in [1.807, 2.05) is 20.8 Å². The second-order valence-corrected chi connectivity index (χ2v) is 7.66. The second kappa shape index (κ2) is 9.64. The van der Waals surface area contributed by atoms with Crippen LogP contribution in [0.1, 0.15) is 47.0 Å². The van der Waals surface area contributed by atoms with Crippen LogP contribution in [0, 0.1) is 0 Å². The quantitative estimate of drug-likeness (QED) is 0.674. The van der Waals surface area contributed by atoms with Crippen LogP contribution in [0.5, 0.6) is 5.75 Å². The van der Waals surface area contributed by atoms with Crippen molar-refractivity contribution in [2.45, 2.75) is 63.9 Å². The first-order chi connectivity index (χ1) is 11.3. The minimum Gasteiger partial charge on any atom is -0.484 e. The Morgan fingerprint density at radius 2 is 1.75 bits per heavy atom. The molecule has 0 aromatic heterocycles. The number of ether oxygens (including phenoxy) is 1. The lowest BCUT2D eigenvalue weighted by Crippen LogP contribution is -2.35. The lowest BCUT2D eigenvalue weighted by Gasteiger charge is -2.14. The van der Waals surface area contributed by atoms with Gasteiger partial charge in [0.1, 0.15) is 5.75 Å². The number of rotatable bonds is 10. The highest BCUT2D eigenvalue weighted by Crippen LogP contribution is 2.16. The van der Waals surface area contributed by atoms with E-state index in [0.29, 0.717) is 12.2 Å². The summed E-state index contributed by atoms with van der Waals surface area (Å²) in [7, 11) is -3.53. The molecule has 2 N–H and O–H groups in total. The largest absolute Gasteiger partial charge is 0.484 e. The van der Waals surface area contributed by atoms with Gasteiger partial charge in [0.25, 0.3) is 5.91 Å². The molecule has 0 aliphatic rings. The Kier molecular flexibility index (Phi) is 8.21. The summed E-state index contributed by atoms with van der Waals surface area (Å²) in [5.74, 6) is 0.266. The third-order valence-electron chi connectivity index (χ3n) is 3.60. The summed E-state index contributed by atoms with van der Waals surface area (Å²) >= 11 is 0. The predicted molar refractivity (Wildman–Crippen MR) is 94.5 cm³/mol. The van der Waals surface area contributed by atoms with Gasteiger partial charge in [0.2, 0.25) is 10.0 Å². The highest BCUT2D eigenvalue weighted by molar-refractivity contribution is 7.89. The van der Waals surface area contributed by atoms with Crippen molar-refractivity contribution in [1.29, 1.82) is 0 Å². The Morgan fingerprint density at radius 1 is 1.12 bits per heavy atom. The SMILES string of the molecule is CCC[C@H](C)NC(=O)COc1ccc(S(=O)(=O)N[C@@H](C)CC)cc1. The topological polar surface area (TPSA) is 84.5 Å². The highest BCUT2D eigenvalue weighted by atomic mass is 32.2. The van der Waals surface area contributed by atoms with Gasteiger partial charge in [0.15, 0.2) is 6.61 Å². The number of hydrogen-bond donors (Lipinski definition) is 2. The van der Waals surface area contributed by atoms with Crippen molar-refractivity contribution in [2.75, 3.05) is 6.61 Å². The molecule has 0 heterocycles. The Hall–Kier alpha value is -1.60. The lowest BCUT2D eigenvalue weighted by molar-refractivity contribution is -0.123. The van der Waals surface area contributed by atoms with E-state index in [2.05, 4.69) is 17.0 Å². The van der Waals surface area contributed by atoms with Gasteiger partial charge in [-0.3, -0.25) is 4.79 Å². The van der Waals surface area contributed by atoms with E-state index in [-0.39, 0.29) is 29.5 Å². The van der Waals surface area contributed by atoms with Crippen LogP contribution >= 0.6 is 0 Å². The third-order valence-corrected chi connectivity index (χ3v) is 5.21. The molecule has 1 aromatic carbocycles. The Morgan fingerprint density at radius 3 is 2.29 bits per heavy atom. The van der Waals surface area contributed by atoms with Crippen LogP contribution in [-0.2, 0) is 14.8 Å². The summed E-state index contributed by atoms with van der Waals surface area (Å²) in [6.07, 6.45) is 2.64. The molecule has 1 aromatic rings. The monoisotopic (exact) mass is 356 g/mol. The molecule has 0 aliphatic heterocycles. The number of carbonyl (C=O) groups is 1. The summed E-state index contributed by atoms with van der Waals surface area (Å²) < 4.78 is 32.3. The van der Waals surface area contributed by atoms with E-state index in [1.54, 1.807) is 12.1 Å². The van der Waals surface area contributed by atoms with Gasteiger partial charge in [-0.15, -0.1) is 0 Å². The fourth-order valence-corrected chi connectivity index (χ4v) is 3.43. The maximum absolute atomic E-state index is 12.1. The van der Waals surface area contributed by atoms with Gasteiger partial charge < -0.3 is 10.1 Å². The van der Waals surface area contributed by atoms with E-state index in [9.17, 15) is 13.2 Å². The van der Waals surface area contributed by atoms with Crippen LogP contribution in [0.25, 0.3) is 0 Å². The maximum Gasteiger partial charge on any atom is 0.258 e. The first-order valence-electron chi connectivity index (χ1n) is 8.33. The Bertz CT molecular complexity index is 614. The van der Waals surface area contributed by atoms with Crippen LogP contribution < -0.4 is 14.8 Å². The van der Waals surface area contributed by atoms with E-state index in [0.717, 1.165) is 12.8 Å². The average molecular weight is 356 g/mol. The molecule has 0 fully saturated rings. The van der Waals surface area contributed by atoms with Gasteiger partial charge in [-0.25, -0.2) is 13.1 Å². The fourth-order valence-electron chi connectivity index (χ4n) is 2.10. The zero-order valence-electron chi connectivity index (χ0n) is 14.8. The van der Waals surface area contributed by atoms with E-state index < -0.39 is 10.0 Å². The molecule has 136 valence electrons. The van der Waals surface area contributed by atoms with E-state index in [1.165, 1.54) is 12.1 Å². The van der Waals surface area contributed by atoms with Gasteiger partial charge in [-0.1, -0.05) is 20.3 Å². The lowest BCUT2D eigenvalue weighted by atomic mass is 10.2. The first-order valence-corrected chi connectivity index (χ1v) is 9.81. The molecule has 1 rings (SSSR count). The average Bonchev–Trinajstić information content (AvgIpc) is 2.53. The van der Waals surface area contributed by atoms with Gasteiger partial charge in [-0.05, 0) is 51.0 Å².